The molecule has 0 amide bonds. The fourth-order valence-electron chi connectivity index (χ4n) is 1.66. The normalized spacial score (nSPS) is 26.9. The minimum Gasteiger partial charge on any atom is -0.391 e. The summed E-state index contributed by atoms with van der Waals surface area (Å²) in [5, 5.41) is 13.7. The molecule has 7 heteroatoms. The zero-order valence-electron chi connectivity index (χ0n) is 8.91. The fraction of sp³-hybridized carbons (Fsp3) is 0.667. The molecule has 0 aliphatic carbocycles. The third-order valence-electron chi connectivity index (χ3n) is 2.64. The summed E-state index contributed by atoms with van der Waals surface area (Å²) in [5.74, 6) is 0. The molecule has 90 valence electrons. The van der Waals surface area contributed by atoms with Crippen LogP contribution in [0, 0.1) is 0 Å². The molecule has 16 heavy (non-hydrogen) atoms. The van der Waals surface area contributed by atoms with Crippen molar-refractivity contribution in [2.24, 2.45) is 0 Å². The van der Waals surface area contributed by atoms with Crippen molar-refractivity contribution < 1.29 is 18.3 Å². The first kappa shape index (κ1) is 11.6. The van der Waals surface area contributed by atoms with E-state index >= 15 is 0 Å². The highest BCUT2D eigenvalue weighted by molar-refractivity contribution is 7.90. The molecule has 1 aliphatic heterocycles. The van der Waals surface area contributed by atoms with Gasteiger partial charge in [-0.2, -0.15) is 5.10 Å². The summed E-state index contributed by atoms with van der Waals surface area (Å²) in [7, 11) is -3.24. The topological polar surface area (TPSA) is 81.4 Å². The molecule has 1 fully saturated rings. The van der Waals surface area contributed by atoms with E-state index in [1.807, 2.05) is 0 Å². The number of aliphatic hydroxyl groups excluding tert-OH is 1. The van der Waals surface area contributed by atoms with Crippen LogP contribution >= 0.6 is 0 Å². The van der Waals surface area contributed by atoms with Crippen LogP contribution < -0.4 is 0 Å². The molecule has 2 atom stereocenters. The van der Waals surface area contributed by atoms with Gasteiger partial charge < -0.3 is 9.84 Å². The van der Waals surface area contributed by atoms with E-state index in [0.717, 1.165) is 6.26 Å². The van der Waals surface area contributed by atoms with E-state index in [-0.39, 0.29) is 10.9 Å². The van der Waals surface area contributed by atoms with E-state index < -0.39 is 15.9 Å². The highest BCUT2D eigenvalue weighted by Crippen LogP contribution is 2.20. The number of hydrogen-bond acceptors (Lipinski definition) is 5. The van der Waals surface area contributed by atoms with Gasteiger partial charge in [0.15, 0.2) is 9.84 Å². The average molecular weight is 246 g/mol. The fourth-order valence-corrected chi connectivity index (χ4v) is 2.20. The molecule has 2 unspecified atom stereocenters. The molecule has 1 aliphatic rings. The van der Waals surface area contributed by atoms with Crippen molar-refractivity contribution in [1.29, 1.82) is 0 Å². The molecule has 1 N–H and O–H groups in total. The van der Waals surface area contributed by atoms with E-state index in [0.29, 0.717) is 19.6 Å². The Labute approximate surface area is 93.8 Å². The number of ether oxygens (including phenoxy) is 1. The van der Waals surface area contributed by atoms with E-state index in [1.165, 1.54) is 17.1 Å². The maximum absolute atomic E-state index is 11.3. The zero-order chi connectivity index (χ0) is 11.8. The lowest BCUT2D eigenvalue weighted by atomic mass is 10.1. The van der Waals surface area contributed by atoms with Gasteiger partial charge in [0.05, 0.1) is 18.9 Å². The quantitative estimate of drug-likeness (QED) is 0.768. The second kappa shape index (κ2) is 4.15. The van der Waals surface area contributed by atoms with Gasteiger partial charge in [0.2, 0.25) is 0 Å². The van der Waals surface area contributed by atoms with Crippen molar-refractivity contribution in [2.75, 3.05) is 19.5 Å². The number of sulfone groups is 1. The van der Waals surface area contributed by atoms with Gasteiger partial charge >= 0.3 is 0 Å². The first-order chi connectivity index (χ1) is 7.48. The zero-order valence-corrected chi connectivity index (χ0v) is 9.72. The Hall–Kier alpha value is -0.920. The molecule has 2 rings (SSSR count). The molecule has 0 saturated carbocycles. The van der Waals surface area contributed by atoms with Crippen LogP contribution in [0.15, 0.2) is 17.3 Å². The van der Waals surface area contributed by atoms with Gasteiger partial charge in [-0.3, -0.25) is 4.68 Å². The largest absolute Gasteiger partial charge is 0.391 e. The first-order valence-corrected chi connectivity index (χ1v) is 6.87. The Morgan fingerprint density at radius 3 is 2.94 bits per heavy atom. The highest BCUT2D eigenvalue weighted by atomic mass is 32.2. The lowest BCUT2D eigenvalue weighted by Gasteiger charge is -2.27. The van der Waals surface area contributed by atoms with Crippen molar-refractivity contribution in [3.63, 3.8) is 0 Å². The summed E-state index contributed by atoms with van der Waals surface area (Å²) < 4.78 is 29.2. The summed E-state index contributed by atoms with van der Waals surface area (Å²) >= 11 is 0. The molecule has 1 aromatic heterocycles. The molecule has 0 aromatic carbocycles. The van der Waals surface area contributed by atoms with Crippen molar-refractivity contribution in [3.8, 4) is 0 Å². The smallest absolute Gasteiger partial charge is 0.178 e. The average Bonchev–Trinajstić information content (AvgIpc) is 2.66. The third kappa shape index (κ3) is 2.26. The molecule has 6 nitrogen and oxygen atoms in total. The van der Waals surface area contributed by atoms with Gasteiger partial charge in [-0.25, -0.2) is 8.42 Å². The molecular weight excluding hydrogens is 232 g/mol. The SMILES string of the molecule is CS(=O)(=O)c1cnn(C2COCCC2O)c1. The lowest BCUT2D eigenvalue weighted by molar-refractivity contribution is -0.0330. The summed E-state index contributed by atoms with van der Waals surface area (Å²) in [6, 6.07) is -0.302. The van der Waals surface area contributed by atoms with Crippen LogP contribution in [0.4, 0.5) is 0 Å². The minimum absolute atomic E-state index is 0.158. The van der Waals surface area contributed by atoms with Crippen LogP contribution in [0.1, 0.15) is 12.5 Å². The Kier molecular flexibility index (Phi) is 3.00. The van der Waals surface area contributed by atoms with Gasteiger partial charge in [0.25, 0.3) is 0 Å². The van der Waals surface area contributed by atoms with E-state index in [1.54, 1.807) is 0 Å². The Morgan fingerprint density at radius 1 is 1.62 bits per heavy atom. The van der Waals surface area contributed by atoms with Crippen LogP contribution in [-0.2, 0) is 14.6 Å². The highest BCUT2D eigenvalue weighted by Gasteiger charge is 2.26. The molecule has 1 aromatic rings. The van der Waals surface area contributed by atoms with Crippen molar-refractivity contribution in [2.45, 2.75) is 23.5 Å². The van der Waals surface area contributed by atoms with Gasteiger partial charge in [-0.15, -0.1) is 0 Å². The summed E-state index contributed by atoms with van der Waals surface area (Å²) in [4.78, 5) is 0.158. The van der Waals surface area contributed by atoms with Crippen LogP contribution in [-0.4, -0.2) is 48.9 Å². The first-order valence-electron chi connectivity index (χ1n) is 4.98. The predicted molar refractivity (Wildman–Crippen MR) is 55.8 cm³/mol. The van der Waals surface area contributed by atoms with Gasteiger partial charge in [0, 0.05) is 19.1 Å². The van der Waals surface area contributed by atoms with Crippen LogP contribution in [0.3, 0.4) is 0 Å². The number of hydrogen-bond donors (Lipinski definition) is 1. The van der Waals surface area contributed by atoms with Gasteiger partial charge in [-0.05, 0) is 6.42 Å². The third-order valence-corrected chi connectivity index (χ3v) is 3.70. The summed E-state index contributed by atoms with van der Waals surface area (Å²) in [6.45, 7) is 0.879. The van der Waals surface area contributed by atoms with Crippen LogP contribution in [0.2, 0.25) is 0 Å². The summed E-state index contributed by atoms with van der Waals surface area (Å²) in [5.41, 5.74) is 0. The van der Waals surface area contributed by atoms with Crippen LogP contribution in [0.5, 0.6) is 0 Å². The molecule has 0 radical (unpaired) electrons. The summed E-state index contributed by atoms with van der Waals surface area (Å²) in [6.07, 6.45) is 3.84. The van der Waals surface area contributed by atoms with Crippen LogP contribution in [0.25, 0.3) is 0 Å². The Bertz CT molecular complexity index is 468. The molecule has 0 spiro atoms. The minimum atomic E-state index is -3.24. The Morgan fingerprint density at radius 2 is 2.38 bits per heavy atom. The number of aromatic nitrogens is 2. The van der Waals surface area contributed by atoms with E-state index in [2.05, 4.69) is 5.10 Å². The lowest BCUT2D eigenvalue weighted by Crippen LogP contribution is -2.34. The van der Waals surface area contributed by atoms with E-state index in [4.69, 9.17) is 4.74 Å². The second-order valence-electron chi connectivity index (χ2n) is 3.93. The van der Waals surface area contributed by atoms with Crippen molar-refractivity contribution in [1.82, 2.24) is 9.78 Å². The predicted octanol–water partition coefficient (Wildman–Crippen LogP) is -0.391. The number of nitrogens with zero attached hydrogens (tertiary/aromatic N) is 2. The Balaban J connectivity index is 2.24. The van der Waals surface area contributed by atoms with Crippen molar-refractivity contribution in [3.05, 3.63) is 12.4 Å². The molecule has 2 heterocycles. The second-order valence-corrected chi connectivity index (χ2v) is 5.94. The molecule has 1 saturated heterocycles. The van der Waals surface area contributed by atoms with E-state index in [9.17, 15) is 13.5 Å². The molecular formula is C9H14N2O4S. The van der Waals surface area contributed by atoms with Crippen molar-refractivity contribution >= 4 is 9.84 Å². The number of aliphatic hydroxyl groups is 1. The monoisotopic (exact) mass is 246 g/mol. The maximum atomic E-state index is 11.3. The standard InChI is InChI=1S/C9H14N2O4S/c1-16(13,14)7-4-10-11(5-7)8-6-15-3-2-9(8)12/h4-5,8-9,12H,2-3,6H2,1H3. The molecule has 0 bridgehead atoms. The maximum Gasteiger partial charge on any atom is 0.178 e. The van der Waals surface area contributed by atoms with Gasteiger partial charge in [0.1, 0.15) is 10.9 Å². The van der Waals surface area contributed by atoms with Gasteiger partial charge in [-0.1, -0.05) is 0 Å². The number of rotatable bonds is 2.